The van der Waals surface area contributed by atoms with Gasteiger partial charge in [-0.3, -0.25) is 4.79 Å². The van der Waals surface area contributed by atoms with Crippen molar-refractivity contribution in [2.75, 3.05) is 14.2 Å². The number of carbonyl (C=O) groups is 1. The number of nitrogens with one attached hydrogen (secondary N) is 1. The van der Waals surface area contributed by atoms with Gasteiger partial charge >= 0.3 is 0 Å². The predicted molar refractivity (Wildman–Crippen MR) is 78.9 cm³/mol. The van der Waals surface area contributed by atoms with E-state index in [1.807, 2.05) is 19.1 Å². The normalized spacial score (nSPS) is 11.8. The van der Waals surface area contributed by atoms with Crippen LogP contribution < -0.4 is 20.5 Å². The summed E-state index contributed by atoms with van der Waals surface area (Å²) in [5, 5.41) is 2.88. The van der Waals surface area contributed by atoms with Crippen molar-refractivity contribution in [1.82, 2.24) is 5.32 Å². The van der Waals surface area contributed by atoms with Crippen LogP contribution in [0.5, 0.6) is 11.5 Å². The lowest BCUT2D eigenvalue weighted by atomic mass is 10.1. The molecule has 0 aromatic heterocycles. The number of hydrogen-bond donors (Lipinski definition) is 2. The molecule has 0 fully saturated rings. The molecule has 1 amide bonds. The first-order valence-corrected chi connectivity index (χ1v) is 6.80. The minimum Gasteiger partial charge on any atom is -0.497 e. The number of nitrogens with two attached hydrogens (primary N) is 1. The number of benzene rings is 1. The summed E-state index contributed by atoms with van der Waals surface area (Å²) in [4.78, 5) is 11.7. The molecule has 1 rings (SSSR count). The summed E-state index contributed by atoms with van der Waals surface area (Å²) < 4.78 is 10.4. The maximum atomic E-state index is 11.7. The molecule has 1 aromatic rings. The molecule has 1 aromatic carbocycles. The van der Waals surface area contributed by atoms with Gasteiger partial charge in [0.15, 0.2) is 0 Å². The van der Waals surface area contributed by atoms with Gasteiger partial charge in [-0.1, -0.05) is 0 Å². The zero-order valence-corrected chi connectivity index (χ0v) is 12.4. The Morgan fingerprint density at radius 3 is 2.70 bits per heavy atom. The first-order valence-electron chi connectivity index (χ1n) is 6.80. The lowest BCUT2D eigenvalue weighted by molar-refractivity contribution is -0.121. The molecule has 0 aliphatic carbocycles. The van der Waals surface area contributed by atoms with Gasteiger partial charge in [0.1, 0.15) is 11.5 Å². The van der Waals surface area contributed by atoms with Gasteiger partial charge in [0.2, 0.25) is 5.91 Å². The third-order valence-corrected chi connectivity index (χ3v) is 3.03. The maximum Gasteiger partial charge on any atom is 0.220 e. The van der Waals surface area contributed by atoms with Gasteiger partial charge in [0, 0.05) is 30.6 Å². The Hall–Kier alpha value is -1.75. The SMILES string of the molecule is COc1ccc(CNC(=O)CCCC(C)N)c(OC)c1. The van der Waals surface area contributed by atoms with Crippen molar-refractivity contribution in [3.05, 3.63) is 23.8 Å². The maximum absolute atomic E-state index is 11.7. The van der Waals surface area contributed by atoms with Crippen molar-refractivity contribution in [2.45, 2.75) is 38.8 Å². The second-order valence-electron chi connectivity index (χ2n) is 4.82. The van der Waals surface area contributed by atoms with E-state index in [0.717, 1.165) is 24.2 Å². The van der Waals surface area contributed by atoms with Crippen molar-refractivity contribution >= 4 is 5.91 Å². The lowest BCUT2D eigenvalue weighted by Gasteiger charge is -2.11. The molecule has 5 heteroatoms. The highest BCUT2D eigenvalue weighted by molar-refractivity contribution is 5.75. The van der Waals surface area contributed by atoms with Gasteiger partial charge < -0.3 is 20.5 Å². The quantitative estimate of drug-likeness (QED) is 0.762. The second-order valence-corrected chi connectivity index (χ2v) is 4.82. The second kappa shape index (κ2) is 8.43. The van der Waals surface area contributed by atoms with Crippen molar-refractivity contribution < 1.29 is 14.3 Å². The molecule has 0 aliphatic rings. The molecule has 3 N–H and O–H groups in total. The molecule has 1 unspecified atom stereocenters. The van der Waals surface area contributed by atoms with Crippen LogP contribution in [-0.4, -0.2) is 26.2 Å². The first-order chi connectivity index (χ1) is 9.56. The van der Waals surface area contributed by atoms with Crippen LogP contribution in [0.1, 0.15) is 31.7 Å². The fourth-order valence-electron chi connectivity index (χ4n) is 1.86. The highest BCUT2D eigenvalue weighted by Gasteiger charge is 2.07. The molecule has 0 saturated heterocycles. The molecule has 112 valence electrons. The average molecular weight is 280 g/mol. The summed E-state index contributed by atoms with van der Waals surface area (Å²) in [6.45, 7) is 2.39. The van der Waals surface area contributed by atoms with Crippen molar-refractivity contribution in [2.24, 2.45) is 5.73 Å². The third kappa shape index (κ3) is 5.48. The molecule has 0 radical (unpaired) electrons. The van der Waals surface area contributed by atoms with Gasteiger partial charge in [0.25, 0.3) is 0 Å². The van der Waals surface area contributed by atoms with Crippen LogP contribution in [0.2, 0.25) is 0 Å². The van der Waals surface area contributed by atoms with E-state index in [-0.39, 0.29) is 11.9 Å². The zero-order chi connectivity index (χ0) is 15.0. The van der Waals surface area contributed by atoms with Gasteiger partial charge in [-0.2, -0.15) is 0 Å². The standard InChI is InChI=1S/C15H24N2O3/c1-11(16)5-4-6-15(18)17-10-12-7-8-13(19-2)9-14(12)20-3/h7-9,11H,4-6,10,16H2,1-3H3,(H,17,18). The Labute approximate surface area is 120 Å². The largest absolute Gasteiger partial charge is 0.497 e. The van der Waals surface area contributed by atoms with E-state index in [1.54, 1.807) is 20.3 Å². The molecule has 0 saturated carbocycles. The van der Waals surface area contributed by atoms with E-state index in [0.29, 0.717) is 18.7 Å². The average Bonchev–Trinajstić information content (AvgIpc) is 2.44. The first kappa shape index (κ1) is 16.3. The van der Waals surface area contributed by atoms with E-state index in [9.17, 15) is 4.79 Å². The third-order valence-electron chi connectivity index (χ3n) is 3.03. The highest BCUT2D eigenvalue weighted by atomic mass is 16.5. The molecule has 0 spiro atoms. The van der Waals surface area contributed by atoms with Crippen molar-refractivity contribution in [3.63, 3.8) is 0 Å². The summed E-state index contributed by atoms with van der Waals surface area (Å²) in [5.41, 5.74) is 6.57. The summed E-state index contributed by atoms with van der Waals surface area (Å²) in [6.07, 6.45) is 2.17. The van der Waals surface area contributed by atoms with E-state index >= 15 is 0 Å². The summed E-state index contributed by atoms with van der Waals surface area (Å²) in [5.74, 6) is 1.47. The molecule has 5 nitrogen and oxygen atoms in total. The number of hydrogen-bond acceptors (Lipinski definition) is 4. The molecule has 0 aliphatic heterocycles. The van der Waals surface area contributed by atoms with E-state index in [1.165, 1.54) is 0 Å². The Bertz CT molecular complexity index is 433. The van der Waals surface area contributed by atoms with Gasteiger partial charge in [-0.05, 0) is 31.9 Å². The fraction of sp³-hybridized carbons (Fsp3) is 0.533. The number of methoxy groups -OCH3 is 2. The lowest BCUT2D eigenvalue weighted by Crippen LogP contribution is -2.23. The number of rotatable bonds is 8. The Balaban J connectivity index is 2.46. The summed E-state index contributed by atoms with van der Waals surface area (Å²) in [6, 6.07) is 5.68. The summed E-state index contributed by atoms with van der Waals surface area (Å²) in [7, 11) is 3.21. The van der Waals surface area contributed by atoms with Crippen LogP contribution in [0, 0.1) is 0 Å². The van der Waals surface area contributed by atoms with Crippen LogP contribution in [0.4, 0.5) is 0 Å². The molecule has 0 bridgehead atoms. The topological polar surface area (TPSA) is 73.6 Å². The van der Waals surface area contributed by atoms with E-state index < -0.39 is 0 Å². The van der Waals surface area contributed by atoms with Crippen LogP contribution in [0.3, 0.4) is 0 Å². The Morgan fingerprint density at radius 1 is 1.35 bits per heavy atom. The van der Waals surface area contributed by atoms with Crippen molar-refractivity contribution in [3.8, 4) is 11.5 Å². The number of carbonyl (C=O) groups excluding carboxylic acids is 1. The summed E-state index contributed by atoms with van der Waals surface area (Å²) >= 11 is 0. The predicted octanol–water partition coefficient (Wildman–Crippen LogP) is 1.84. The van der Waals surface area contributed by atoms with Gasteiger partial charge in [0.05, 0.1) is 14.2 Å². The van der Waals surface area contributed by atoms with Crippen LogP contribution in [0.15, 0.2) is 18.2 Å². The van der Waals surface area contributed by atoms with Gasteiger partial charge in [-0.15, -0.1) is 0 Å². The minimum absolute atomic E-state index is 0.0310. The molecule has 20 heavy (non-hydrogen) atoms. The van der Waals surface area contributed by atoms with Gasteiger partial charge in [-0.25, -0.2) is 0 Å². The Kier molecular flexibility index (Phi) is 6.87. The number of amides is 1. The molecular weight excluding hydrogens is 256 g/mol. The van der Waals surface area contributed by atoms with E-state index in [4.69, 9.17) is 15.2 Å². The molecule has 1 atom stereocenters. The smallest absolute Gasteiger partial charge is 0.220 e. The monoisotopic (exact) mass is 280 g/mol. The zero-order valence-electron chi connectivity index (χ0n) is 12.4. The van der Waals surface area contributed by atoms with Crippen LogP contribution in [0.25, 0.3) is 0 Å². The van der Waals surface area contributed by atoms with Crippen molar-refractivity contribution in [1.29, 1.82) is 0 Å². The minimum atomic E-state index is 0.0310. The van der Waals surface area contributed by atoms with E-state index in [2.05, 4.69) is 5.32 Å². The molecule has 0 heterocycles. The van der Waals surface area contributed by atoms with Crippen LogP contribution >= 0.6 is 0 Å². The Morgan fingerprint density at radius 2 is 2.10 bits per heavy atom. The highest BCUT2D eigenvalue weighted by Crippen LogP contribution is 2.24. The number of ether oxygens (including phenoxy) is 2. The fourth-order valence-corrected chi connectivity index (χ4v) is 1.86. The van der Waals surface area contributed by atoms with Crippen LogP contribution in [-0.2, 0) is 11.3 Å². The molecular formula is C15H24N2O3.